The number of nitrogens with one attached hydrogen (secondary N) is 1. The third-order valence-electron chi connectivity index (χ3n) is 4.89. The number of hydrogen-bond donors (Lipinski definition) is 1. The number of fused-ring (bicyclic) bond motifs is 1. The molecule has 2 heteroatoms. The number of aryl methyl sites for hydroxylation is 2. The van der Waals surface area contributed by atoms with Crippen LogP contribution in [-0.4, -0.2) is 26.2 Å². The maximum atomic E-state index is 3.53. The first-order valence-electron chi connectivity index (χ1n) is 8.38. The number of benzene rings is 1. The Hall–Kier alpha value is -1.02. The normalized spacial score (nSPS) is 22.6. The van der Waals surface area contributed by atoms with Crippen molar-refractivity contribution < 1.29 is 0 Å². The molecule has 0 bridgehead atoms. The lowest BCUT2D eigenvalue weighted by Gasteiger charge is -2.32. The molecule has 1 fully saturated rings. The molecule has 1 saturated heterocycles. The molecule has 3 rings (SSSR count). The average molecular weight is 272 g/mol. The van der Waals surface area contributed by atoms with E-state index in [-0.39, 0.29) is 0 Å². The van der Waals surface area contributed by atoms with Crippen LogP contribution in [0, 0.1) is 12.8 Å². The van der Waals surface area contributed by atoms with Crippen molar-refractivity contribution in [1.29, 1.82) is 0 Å². The molecule has 0 aliphatic carbocycles. The largest absolute Gasteiger partial charge is 0.371 e. The first kappa shape index (κ1) is 13.9. The first-order chi connectivity index (χ1) is 9.83. The van der Waals surface area contributed by atoms with Crippen LogP contribution in [0.15, 0.2) is 18.2 Å². The molecule has 0 radical (unpaired) electrons. The molecule has 2 aliphatic heterocycles. The van der Waals surface area contributed by atoms with E-state index < -0.39 is 0 Å². The van der Waals surface area contributed by atoms with Crippen molar-refractivity contribution in [3.63, 3.8) is 0 Å². The molecule has 1 N–H and O–H groups in total. The summed E-state index contributed by atoms with van der Waals surface area (Å²) in [6.07, 6.45) is 8.13. The molecule has 0 aromatic heterocycles. The Kier molecular flexibility index (Phi) is 4.62. The third-order valence-corrected chi connectivity index (χ3v) is 4.89. The van der Waals surface area contributed by atoms with Crippen LogP contribution in [0.2, 0.25) is 0 Å². The molecule has 1 atom stereocenters. The molecule has 20 heavy (non-hydrogen) atoms. The smallest absolute Gasteiger partial charge is 0.0398 e. The molecule has 110 valence electrons. The average Bonchev–Trinajstić information content (AvgIpc) is 2.48. The summed E-state index contributed by atoms with van der Waals surface area (Å²) < 4.78 is 0. The van der Waals surface area contributed by atoms with Crippen LogP contribution < -0.4 is 10.2 Å². The summed E-state index contributed by atoms with van der Waals surface area (Å²) in [6.45, 7) is 7.17. The predicted octanol–water partition coefficient (Wildman–Crippen LogP) is 3.53. The van der Waals surface area contributed by atoms with Gasteiger partial charge in [0.15, 0.2) is 0 Å². The zero-order valence-corrected chi connectivity index (χ0v) is 12.8. The Balaban J connectivity index is 1.53. The molecule has 0 saturated carbocycles. The highest BCUT2D eigenvalue weighted by atomic mass is 15.1. The van der Waals surface area contributed by atoms with Crippen molar-refractivity contribution in [3.05, 3.63) is 29.3 Å². The second kappa shape index (κ2) is 6.62. The Morgan fingerprint density at radius 1 is 1.30 bits per heavy atom. The van der Waals surface area contributed by atoms with Gasteiger partial charge in [0.1, 0.15) is 0 Å². The van der Waals surface area contributed by atoms with Crippen molar-refractivity contribution in [2.75, 3.05) is 31.1 Å². The highest BCUT2D eigenvalue weighted by molar-refractivity contribution is 5.56. The summed E-state index contributed by atoms with van der Waals surface area (Å²) in [4.78, 5) is 2.62. The van der Waals surface area contributed by atoms with Crippen LogP contribution >= 0.6 is 0 Å². The first-order valence-corrected chi connectivity index (χ1v) is 8.38. The van der Waals surface area contributed by atoms with Crippen molar-refractivity contribution in [3.8, 4) is 0 Å². The molecule has 0 spiro atoms. The highest BCUT2D eigenvalue weighted by Gasteiger charge is 2.17. The maximum absolute atomic E-state index is 3.53. The molecule has 0 amide bonds. The van der Waals surface area contributed by atoms with Gasteiger partial charge in [0.2, 0.25) is 0 Å². The van der Waals surface area contributed by atoms with Gasteiger partial charge in [-0.15, -0.1) is 0 Å². The lowest BCUT2D eigenvalue weighted by molar-refractivity contribution is 0.351. The predicted molar refractivity (Wildman–Crippen MR) is 86.5 cm³/mol. The highest BCUT2D eigenvalue weighted by Crippen LogP contribution is 2.28. The van der Waals surface area contributed by atoms with Crippen molar-refractivity contribution in [2.45, 2.75) is 45.4 Å². The van der Waals surface area contributed by atoms with Gasteiger partial charge in [-0.2, -0.15) is 0 Å². The van der Waals surface area contributed by atoms with E-state index in [1.165, 1.54) is 76.0 Å². The fraction of sp³-hybridized carbons (Fsp3) is 0.667. The molecule has 2 nitrogen and oxygen atoms in total. The molecule has 2 heterocycles. The monoisotopic (exact) mass is 272 g/mol. The van der Waals surface area contributed by atoms with Gasteiger partial charge in [0.05, 0.1) is 0 Å². The van der Waals surface area contributed by atoms with Crippen LogP contribution in [0.1, 0.15) is 43.2 Å². The molecule has 1 aromatic carbocycles. The van der Waals surface area contributed by atoms with Gasteiger partial charge in [-0.25, -0.2) is 0 Å². The van der Waals surface area contributed by atoms with Gasteiger partial charge in [-0.05, 0) is 76.1 Å². The summed E-state index contributed by atoms with van der Waals surface area (Å²) in [5.41, 5.74) is 4.47. The number of anilines is 1. The Labute approximate surface area is 123 Å². The SMILES string of the molecule is Cc1ccc2c(c1)CCCN2CCCC1CCCNC1. The van der Waals surface area contributed by atoms with Gasteiger partial charge in [0, 0.05) is 18.8 Å². The van der Waals surface area contributed by atoms with Crippen molar-refractivity contribution >= 4 is 5.69 Å². The van der Waals surface area contributed by atoms with Crippen molar-refractivity contribution in [2.24, 2.45) is 5.92 Å². The van der Waals surface area contributed by atoms with Crippen LogP contribution in [-0.2, 0) is 6.42 Å². The Morgan fingerprint density at radius 3 is 3.10 bits per heavy atom. The Bertz CT molecular complexity index is 435. The summed E-state index contributed by atoms with van der Waals surface area (Å²) in [5.74, 6) is 0.922. The number of nitrogens with zero attached hydrogens (tertiary/aromatic N) is 1. The summed E-state index contributed by atoms with van der Waals surface area (Å²) in [7, 11) is 0. The van der Waals surface area contributed by atoms with Gasteiger partial charge in [0.25, 0.3) is 0 Å². The Morgan fingerprint density at radius 2 is 2.25 bits per heavy atom. The number of rotatable bonds is 4. The fourth-order valence-electron chi connectivity index (χ4n) is 3.78. The number of hydrogen-bond acceptors (Lipinski definition) is 2. The van der Waals surface area contributed by atoms with E-state index in [1.54, 1.807) is 5.56 Å². The second-order valence-corrected chi connectivity index (χ2v) is 6.58. The van der Waals surface area contributed by atoms with E-state index in [0.717, 1.165) is 5.92 Å². The van der Waals surface area contributed by atoms with Gasteiger partial charge in [-0.3, -0.25) is 0 Å². The lowest BCUT2D eigenvalue weighted by atomic mass is 9.94. The van der Waals surface area contributed by atoms with Gasteiger partial charge >= 0.3 is 0 Å². The van der Waals surface area contributed by atoms with Crippen LogP contribution in [0.25, 0.3) is 0 Å². The minimum Gasteiger partial charge on any atom is -0.371 e. The molecular weight excluding hydrogens is 244 g/mol. The quantitative estimate of drug-likeness (QED) is 0.902. The maximum Gasteiger partial charge on any atom is 0.0398 e. The minimum absolute atomic E-state index is 0.922. The van der Waals surface area contributed by atoms with E-state index in [9.17, 15) is 0 Å². The molecule has 2 aliphatic rings. The summed E-state index contributed by atoms with van der Waals surface area (Å²) in [5, 5.41) is 3.53. The third kappa shape index (κ3) is 3.35. The number of piperidine rings is 1. The standard InChI is InChI=1S/C18H28N2/c1-15-8-9-18-17(13-15)7-4-12-20(18)11-3-6-16-5-2-10-19-14-16/h8-9,13,16,19H,2-7,10-12,14H2,1H3. The summed E-state index contributed by atoms with van der Waals surface area (Å²) in [6, 6.07) is 6.99. The summed E-state index contributed by atoms with van der Waals surface area (Å²) >= 11 is 0. The van der Waals surface area contributed by atoms with Crippen LogP contribution in [0.4, 0.5) is 5.69 Å². The fourth-order valence-corrected chi connectivity index (χ4v) is 3.78. The topological polar surface area (TPSA) is 15.3 Å². The van der Waals surface area contributed by atoms with E-state index >= 15 is 0 Å². The van der Waals surface area contributed by atoms with Crippen LogP contribution in [0.5, 0.6) is 0 Å². The lowest BCUT2D eigenvalue weighted by Crippen LogP contribution is -2.32. The van der Waals surface area contributed by atoms with E-state index in [0.29, 0.717) is 0 Å². The zero-order valence-electron chi connectivity index (χ0n) is 12.8. The molecular formula is C18H28N2. The molecule has 1 aromatic rings. The van der Waals surface area contributed by atoms with Gasteiger partial charge in [-0.1, -0.05) is 17.7 Å². The molecule has 1 unspecified atom stereocenters. The van der Waals surface area contributed by atoms with E-state index in [2.05, 4.69) is 35.3 Å². The zero-order chi connectivity index (χ0) is 13.8. The minimum atomic E-state index is 0.922. The van der Waals surface area contributed by atoms with E-state index in [4.69, 9.17) is 0 Å². The van der Waals surface area contributed by atoms with E-state index in [1.807, 2.05) is 0 Å². The van der Waals surface area contributed by atoms with Gasteiger partial charge < -0.3 is 10.2 Å². The van der Waals surface area contributed by atoms with Crippen LogP contribution in [0.3, 0.4) is 0 Å². The van der Waals surface area contributed by atoms with Crippen molar-refractivity contribution in [1.82, 2.24) is 5.32 Å². The second-order valence-electron chi connectivity index (χ2n) is 6.58.